The van der Waals surface area contributed by atoms with Crippen molar-refractivity contribution in [3.05, 3.63) is 64.2 Å². The third kappa shape index (κ3) is 2.80. The number of aromatic nitrogens is 2. The van der Waals surface area contributed by atoms with Crippen LogP contribution in [0.2, 0.25) is 0 Å². The van der Waals surface area contributed by atoms with Gasteiger partial charge in [-0.05, 0) is 32.0 Å². The van der Waals surface area contributed by atoms with E-state index in [-0.39, 0.29) is 17.4 Å². The molecule has 0 aliphatic rings. The van der Waals surface area contributed by atoms with Crippen LogP contribution < -0.4 is 5.32 Å². The molecular formula is C17H17FN4O2. The van der Waals surface area contributed by atoms with Crippen LogP contribution in [0.5, 0.6) is 0 Å². The van der Waals surface area contributed by atoms with Crippen molar-refractivity contribution in [2.45, 2.75) is 26.4 Å². The molecule has 1 atom stereocenters. The third-order valence-electron chi connectivity index (χ3n) is 3.92. The Labute approximate surface area is 138 Å². The van der Waals surface area contributed by atoms with Gasteiger partial charge in [-0.3, -0.25) is 10.1 Å². The largest absolute Gasteiger partial charge is 0.373 e. The monoisotopic (exact) mass is 328 g/mol. The van der Waals surface area contributed by atoms with Crippen LogP contribution in [-0.2, 0) is 6.54 Å². The van der Waals surface area contributed by atoms with Crippen LogP contribution in [0, 0.1) is 15.9 Å². The standard InChI is InChI=1S/C17H17FN4O2/c1-3-21-16-7-5-4-6-15(16)20-17(21)11(2)19-14-9-8-12(22(23)24)10-13(14)18/h4-11,19H,3H2,1-2H3. The molecule has 0 bridgehead atoms. The van der Waals surface area contributed by atoms with Gasteiger partial charge in [0.2, 0.25) is 0 Å². The van der Waals surface area contributed by atoms with Crippen molar-refractivity contribution in [1.29, 1.82) is 0 Å². The molecule has 1 unspecified atom stereocenters. The Morgan fingerprint density at radius 3 is 2.75 bits per heavy atom. The number of hydrogen-bond donors (Lipinski definition) is 1. The average molecular weight is 328 g/mol. The second kappa shape index (κ2) is 6.27. The van der Waals surface area contributed by atoms with Gasteiger partial charge in [-0.2, -0.15) is 0 Å². The van der Waals surface area contributed by atoms with Crippen molar-refractivity contribution in [2.24, 2.45) is 0 Å². The van der Waals surface area contributed by atoms with Crippen LogP contribution in [0.4, 0.5) is 15.8 Å². The average Bonchev–Trinajstić information content (AvgIpc) is 2.95. The van der Waals surface area contributed by atoms with Gasteiger partial charge >= 0.3 is 0 Å². The summed E-state index contributed by atoms with van der Waals surface area (Å²) in [5.74, 6) is 0.131. The SMILES string of the molecule is CCn1c(C(C)Nc2ccc([N+](=O)[O-])cc2F)nc2ccccc21. The second-order valence-corrected chi connectivity index (χ2v) is 5.49. The summed E-state index contributed by atoms with van der Waals surface area (Å²) < 4.78 is 16.1. The molecule has 2 aromatic carbocycles. The third-order valence-corrected chi connectivity index (χ3v) is 3.92. The number of fused-ring (bicyclic) bond motifs is 1. The second-order valence-electron chi connectivity index (χ2n) is 5.49. The van der Waals surface area contributed by atoms with E-state index in [4.69, 9.17) is 0 Å². The van der Waals surface area contributed by atoms with E-state index in [0.717, 1.165) is 29.5 Å². The number of non-ortho nitro benzene ring substituents is 1. The smallest absolute Gasteiger partial charge is 0.272 e. The maximum absolute atomic E-state index is 14.1. The first kappa shape index (κ1) is 15.9. The van der Waals surface area contributed by atoms with Crippen molar-refractivity contribution in [3.63, 3.8) is 0 Å². The molecule has 0 saturated carbocycles. The van der Waals surface area contributed by atoms with E-state index in [9.17, 15) is 14.5 Å². The van der Waals surface area contributed by atoms with Gasteiger partial charge in [0, 0.05) is 12.6 Å². The number of aryl methyl sites for hydroxylation is 1. The summed E-state index contributed by atoms with van der Waals surface area (Å²) in [5.41, 5.74) is 1.84. The minimum absolute atomic E-state index is 0.211. The summed E-state index contributed by atoms with van der Waals surface area (Å²) in [6.07, 6.45) is 0. The highest BCUT2D eigenvalue weighted by Crippen LogP contribution is 2.26. The van der Waals surface area contributed by atoms with E-state index in [2.05, 4.69) is 14.9 Å². The molecule has 124 valence electrons. The van der Waals surface area contributed by atoms with E-state index in [1.807, 2.05) is 38.1 Å². The molecule has 1 aromatic heterocycles. The molecule has 0 aliphatic heterocycles. The van der Waals surface area contributed by atoms with Crippen LogP contribution in [0.15, 0.2) is 42.5 Å². The molecule has 0 fully saturated rings. The fraction of sp³-hybridized carbons (Fsp3) is 0.235. The number of benzene rings is 2. The number of para-hydroxylation sites is 2. The minimum atomic E-state index is -0.657. The van der Waals surface area contributed by atoms with Gasteiger partial charge in [0.15, 0.2) is 5.82 Å². The first-order chi connectivity index (χ1) is 11.5. The number of rotatable bonds is 5. The molecular weight excluding hydrogens is 311 g/mol. The molecule has 6 nitrogen and oxygen atoms in total. The maximum atomic E-state index is 14.1. The molecule has 0 radical (unpaired) electrons. The molecule has 1 heterocycles. The number of hydrogen-bond acceptors (Lipinski definition) is 4. The van der Waals surface area contributed by atoms with Crippen molar-refractivity contribution in [1.82, 2.24) is 9.55 Å². The number of nitrogens with one attached hydrogen (secondary N) is 1. The van der Waals surface area contributed by atoms with Gasteiger partial charge in [0.25, 0.3) is 5.69 Å². The Morgan fingerprint density at radius 2 is 2.08 bits per heavy atom. The quantitative estimate of drug-likeness (QED) is 0.560. The molecule has 3 aromatic rings. The Bertz CT molecular complexity index is 907. The minimum Gasteiger partial charge on any atom is -0.373 e. The van der Waals surface area contributed by atoms with Crippen LogP contribution in [0.1, 0.15) is 25.7 Å². The zero-order valence-electron chi connectivity index (χ0n) is 13.4. The maximum Gasteiger partial charge on any atom is 0.272 e. The number of nitro benzene ring substituents is 1. The summed E-state index contributed by atoms with van der Waals surface area (Å²) in [7, 11) is 0. The lowest BCUT2D eigenvalue weighted by molar-refractivity contribution is -0.385. The van der Waals surface area contributed by atoms with Gasteiger partial charge in [0.05, 0.1) is 33.8 Å². The fourth-order valence-electron chi connectivity index (χ4n) is 2.79. The van der Waals surface area contributed by atoms with E-state index < -0.39 is 10.7 Å². The fourth-order valence-corrected chi connectivity index (χ4v) is 2.79. The summed E-state index contributed by atoms with van der Waals surface area (Å²) >= 11 is 0. The Hall–Kier alpha value is -2.96. The topological polar surface area (TPSA) is 73.0 Å². The lowest BCUT2D eigenvalue weighted by Gasteiger charge is -2.17. The lowest BCUT2D eigenvalue weighted by atomic mass is 10.2. The number of imidazole rings is 1. The van der Waals surface area contributed by atoms with Crippen molar-refractivity contribution >= 4 is 22.4 Å². The van der Waals surface area contributed by atoms with E-state index in [1.54, 1.807) is 0 Å². The Morgan fingerprint density at radius 1 is 1.33 bits per heavy atom. The first-order valence-corrected chi connectivity index (χ1v) is 7.67. The predicted octanol–water partition coefficient (Wildman–Crippen LogP) is 4.28. The molecule has 7 heteroatoms. The highest BCUT2D eigenvalue weighted by molar-refractivity contribution is 5.76. The number of nitro groups is 1. The van der Waals surface area contributed by atoms with Crippen molar-refractivity contribution in [3.8, 4) is 0 Å². The van der Waals surface area contributed by atoms with E-state index in [1.165, 1.54) is 12.1 Å². The summed E-state index contributed by atoms with van der Waals surface area (Å²) in [5, 5.41) is 13.7. The Balaban J connectivity index is 1.93. The zero-order valence-corrected chi connectivity index (χ0v) is 13.4. The van der Waals surface area contributed by atoms with Gasteiger partial charge in [-0.25, -0.2) is 9.37 Å². The normalized spacial score (nSPS) is 12.3. The number of nitrogens with zero attached hydrogens (tertiary/aromatic N) is 3. The number of anilines is 1. The van der Waals surface area contributed by atoms with E-state index >= 15 is 0 Å². The molecule has 0 spiro atoms. The first-order valence-electron chi connectivity index (χ1n) is 7.67. The van der Waals surface area contributed by atoms with Crippen LogP contribution in [-0.4, -0.2) is 14.5 Å². The highest BCUT2D eigenvalue weighted by atomic mass is 19.1. The van der Waals surface area contributed by atoms with Gasteiger partial charge < -0.3 is 9.88 Å². The Kier molecular flexibility index (Phi) is 4.16. The van der Waals surface area contributed by atoms with Gasteiger partial charge in [-0.1, -0.05) is 12.1 Å². The van der Waals surface area contributed by atoms with Crippen LogP contribution in [0.3, 0.4) is 0 Å². The van der Waals surface area contributed by atoms with Crippen molar-refractivity contribution < 1.29 is 9.31 Å². The summed E-state index contributed by atoms with van der Waals surface area (Å²) in [4.78, 5) is 14.7. The van der Waals surface area contributed by atoms with E-state index in [0.29, 0.717) is 0 Å². The molecule has 0 saturated heterocycles. The predicted molar refractivity (Wildman–Crippen MR) is 90.5 cm³/mol. The molecule has 1 N–H and O–H groups in total. The lowest BCUT2D eigenvalue weighted by Crippen LogP contribution is -2.14. The zero-order chi connectivity index (χ0) is 17.3. The molecule has 3 rings (SSSR count). The number of halogens is 1. The molecule has 24 heavy (non-hydrogen) atoms. The van der Waals surface area contributed by atoms with Gasteiger partial charge in [0.1, 0.15) is 5.82 Å². The van der Waals surface area contributed by atoms with Gasteiger partial charge in [-0.15, -0.1) is 0 Å². The van der Waals surface area contributed by atoms with Crippen LogP contribution >= 0.6 is 0 Å². The van der Waals surface area contributed by atoms with Crippen molar-refractivity contribution in [2.75, 3.05) is 5.32 Å². The van der Waals surface area contributed by atoms with Crippen LogP contribution in [0.25, 0.3) is 11.0 Å². The molecule has 0 amide bonds. The summed E-state index contributed by atoms with van der Waals surface area (Å²) in [6.45, 7) is 4.65. The highest BCUT2D eigenvalue weighted by Gasteiger charge is 2.18. The molecule has 0 aliphatic carbocycles. The summed E-state index contributed by atoms with van der Waals surface area (Å²) in [6, 6.07) is 11.1.